The average molecular weight is 462 g/mol. The van der Waals surface area contributed by atoms with Crippen molar-refractivity contribution in [3.8, 4) is 11.3 Å². The molecule has 0 atom stereocenters. The molecule has 4 aromatic rings. The predicted molar refractivity (Wildman–Crippen MR) is 118 cm³/mol. The van der Waals surface area contributed by atoms with Gasteiger partial charge in [-0.25, -0.2) is 14.8 Å². The van der Waals surface area contributed by atoms with Crippen LogP contribution in [-0.2, 0) is 18.3 Å². The number of rotatable bonds is 4. The van der Waals surface area contributed by atoms with Crippen LogP contribution in [0.4, 0.5) is 5.13 Å². The molecule has 2 N–H and O–H groups in total. The summed E-state index contributed by atoms with van der Waals surface area (Å²) in [4.78, 5) is 47.7. The van der Waals surface area contributed by atoms with Crippen molar-refractivity contribution >= 4 is 56.6 Å². The van der Waals surface area contributed by atoms with Gasteiger partial charge in [0.1, 0.15) is 5.65 Å². The number of fused-ring (bicyclic) bond motifs is 1. The first-order chi connectivity index (χ1) is 14.3. The zero-order chi connectivity index (χ0) is 21.4. The maximum atomic E-state index is 12.5. The van der Waals surface area contributed by atoms with Crippen LogP contribution in [0.2, 0.25) is 10.0 Å². The molecule has 11 heteroatoms. The number of benzene rings is 1. The Balaban J connectivity index is 1.57. The number of anilines is 1. The van der Waals surface area contributed by atoms with E-state index in [1.807, 2.05) is 0 Å². The fourth-order valence-corrected chi connectivity index (χ4v) is 3.92. The molecule has 0 unspecified atom stereocenters. The van der Waals surface area contributed by atoms with Gasteiger partial charge in [-0.3, -0.25) is 19.1 Å². The summed E-state index contributed by atoms with van der Waals surface area (Å²) in [6, 6.07) is 6.74. The predicted octanol–water partition coefficient (Wildman–Crippen LogP) is 3.23. The molecule has 3 heterocycles. The number of carbonyl (C=O) groups excluding carboxylic acids is 1. The molecule has 152 valence electrons. The van der Waals surface area contributed by atoms with Crippen LogP contribution < -0.4 is 16.6 Å². The molecule has 3 aromatic heterocycles. The lowest BCUT2D eigenvalue weighted by atomic mass is 10.1. The Kier molecular flexibility index (Phi) is 5.42. The minimum Gasteiger partial charge on any atom is -0.302 e. The van der Waals surface area contributed by atoms with Crippen molar-refractivity contribution in [2.45, 2.75) is 6.42 Å². The molecule has 30 heavy (non-hydrogen) atoms. The molecule has 0 fully saturated rings. The van der Waals surface area contributed by atoms with Gasteiger partial charge < -0.3 is 5.32 Å². The number of carbonyl (C=O) groups is 1. The van der Waals surface area contributed by atoms with Crippen LogP contribution in [0.25, 0.3) is 22.3 Å². The van der Waals surface area contributed by atoms with Gasteiger partial charge in [-0.1, -0.05) is 29.3 Å². The molecule has 0 aliphatic rings. The summed E-state index contributed by atoms with van der Waals surface area (Å²) in [5.41, 5.74) is 0.934. The van der Waals surface area contributed by atoms with E-state index in [4.69, 9.17) is 23.2 Å². The number of thiazole rings is 1. The minimum absolute atomic E-state index is 0.0814. The number of pyridine rings is 1. The fourth-order valence-electron chi connectivity index (χ4n) is 2.88. The summed E-state index contributed by atoms with van der Waals surface area (Å²) < 4.78 is 0.940. The molecule has 0 saturated carbocycles. The summed E-state index contributed by atoms with van der Waals surface area (Å²) >= 11 is 13.2. The van der Waals surface area contributed by atoms with Crippen molar-refractivity contribution in [2.75, 3.05) is 5.32 Å². The highest BCUT2D eigenvalue weighted by atomic mass is 35.5. The molecule has 8 nitrogen and oxygen atoms in total. The van der Waals surface area contributed by atoms with E-state index in [0.29, 0.717) is 26.4 Å². The molecule has 0 aliphatic heterocycles. The average Bonchev–Trinajstić information content (AvgIpc) is 3.16. The second-order valence-corrected chi connectivity index (χ2v) is 8.05. The number of hydrogen-bond donors (Lipinski definition) is 2. The number of nitrogens with zero attached hydrogens (tertiary/aromatic N) is 3. The van der Waals surface area contributed by atoms with Gasteiger partial charge >= 0.3 is 5.69 Å². The summed E-state index contributed by atoms with van der Waals surface area (Å²) in [6.07, 6.45) is 1.36. The molecular weight excluding hydrogens is 449 g/mol. The van der Waals surface area contributed by atoms with Crippen LogP contribution in [0.1, 0.15) is 5.56 Å². The molecule has 0 saturated heterocycles. The van der Waals surface area contributed by atoms with Crippen molar-refractivity contribution in [2.24, 2.45) is 7.05 Å². The lowest BCUT2D eigenvalue weighted by molar-refractivity contribution is -0.115. The minimum atomic E-state index is -0.570. The molecule has 1 amide bonds. The van der Waals surface area contributed by atoms with Crippen LogP contribution >= 0.6 is 34.5 Å². The van der Waals surface area contributed by atoms with Gasteiger partial charge in [0.05, 0.1) is 27.5 Å². The SMILES string of the molecule is Cn1c(=O)[nH]c2nccc(CC(=O)Nc3nc(-c4ccc(Cl)c(Cl)c4)cs3)c2c1=O. The second-order valence-electron chi connectivity index (χ2n) is 6.38. The van der Waals surface area contributed by atoms with Crippen molar-refractivity contribution in [3.05, 3.63) is 72.3 Å². The van der Waals surface area contributed by atoms with Crippen molar-refractivity contribution in [1.29, 1.82) is 0 Å². The second kappa shape index (κ2) is 8.02. The zero-order valence-corrected chi connectivity index (χ0v) is 17.7. The zero-order valence-electron chi connectivity index (χ0n) is 15.4. The van der Waals surface area contributed by atoms with E-state index < -0.39 is 11.2 Å². The molecule has 0 spiro atoms. The fraction of sp³-hybridized carbons (Fsp3) is 0.105. The Morgan fingerprint density at radius 1 is 1.23 bits per heavy atom. The largest absolute Gasteiger partial charge is 0.329 e. The van der Waals surface area contributed by atoms with E-state index in [-0.39, 0.29) is 23.4 Å². The van der Waals surface area contributed by atoms with E-state index >= 15 is 0 Å². The Morgan fingerprint density at radius 3 is 2.80 bits per heavy atom. The van der Waals surface area contributed by atoms with Gasteiger partial charge in [0.2, 0.25) is 5.91 Å². The summed E-state index contributed by atoms with van der Waals surface area (Å²) in [5, 5.41) is 5.98. The Labute approximate surface area is 183 Å². The number of aromatic amines is 1. The van der Waals surface area contributed by atoms with E-state index in [9.17, 15) is 14.4 Å². The quantitative estimate of drug-likeness (QED) is 0.484. The van der Waals surface area contributed by atoms with Crippen molar-refractivity contribution < 1.29 is 4.79 Å². The van der Waals surface area contributed by atoms with Crippen molar-refractivity contribution in [1.82, 2.24) is 19.5 Å². The smallest absolute Gasteiger partial charge is 0.302 e. The van der Waals surface area contributed by atoms with Gasteiger partial charge in [0, 0.05) is 24.2 Å². The van der Waals surface area contributed by atoms with E-state index in [2.05, 4.69) is 20.3 Å². The normalized spacial score (nSPS) is 11.0. The number of nitrogens with one attached hydrogen (secondary N) is 2. The van der Waals surface area contributed by atoms with E-state index in [1.165, 1.54) is 24.6 Å². The van der Waals surface area contributed by atoms with Gasteiger partial charge in [0.15, 0.2) is 5.13 Å². The number of halogens is 2. The maximum absolute atomic E-state index is 12.5. The Morgan fingerprint density at radius 2 is 2.03 bits per heavy atom. The maximum Gasteiger partial charge on any atom is 0.329 e. The molecule has 0 bridgehead atoms. The first kappa shape index (κ1) is 20.3. The van der Waals surface area contributed by atoms with E-state index in [1.54, 1.807) is 29.6 Å². The van der Waals surface area contributed by atoms with Crippen LogP contribution in [0.3, 0.4) is 0 Å². The number of amides is 1. The van der Waals surface area contributed by atoms with Crippen LogP contribution in [-0.4, -0.2) is 25.4 Å². The molecule has 1 aromatic carbocycles. The van der Waals surface area contributed by atoms with Gasteiger partial charge in [-0.2, -0.15) is 0 Å². The van der Waals surface area contributed by atoms with Crippen molar-refractivity contribution in [3.63, 3.8) is 0 Å². The Bertz CT molecular complexity index is 1410. The number of H-pyrrole nitrogens is 1. The Hall–Kier alpha value is -3.01. The first-order valence-electron chi connectivity index (χ1n) is 8.61. The van der Waals surface area contributed by atoms with E-state index in [0.717, 1.165) is 10.1 Å². The highest BCUT2D eigenvalue weighted by Crippen LogP contribution is 2.30. The highest BCUT2D eigenvalue weighted by Gasteiger charge is 2.15. The molecule has 0 aliphatic carbocycles. The topological polar surface area (TPSA) is 110 Å². The van der Waals surface area contributed by atoms with Crippen LogP contribution in [0.15, 0.2) is 45.4 Å². The van der Waals surface area contributed by atoms with Gasteiger partial charge in [-0.05, 0) is 23.8 Å². The van der Waals surface area contributed by atoms with Crippen LogP contribution in [0, 0.1) is 0 Å². The van der Waals surface area contributed by atoms with Crippen LogP contribution in [0.5, 0.6) is 0 Å². The summed E-state index contributed by atoms with van der Waals surface area (Å²) in [5.74, 6) is -0.356. The van der Waals surface area contributed by atoms with Gasteiger partial charge in [-0.15, -0.1) is 11.3 Å². The standard InChI is InChI=1S/C19H13Cl2N5O3S/c1-26-17(28)15-10(4-5-22-16(15)25-19(26)29)7-14(27)24-18-23-13(8-30-18)9-2-3-11(20)12(21)6-9/h2-6,8H,7H2,1H3,(H,22,25,29)(H,23,24,27). The monoisotopic (exact) mass is 461 g/mol. The third-order valence-electron chi connectivity index (χ3n) is 4.40. The molecule has 4 rings (SSSR count). The van der Waals surface area contributed by atoms with Gasteiger partial charge in [0.25, 0.3) is 5.56 Å². The first-order valence-corrected chi connectivity index (χ1v) is 10.2. The summed E-state index contributed by atoms with van der Waals surface area (Å²) in [6.45, 7) is 0. The third kappa shape index (κ3) is 3.87. The lowest BCUT2D eigenvalue weighted by Crippen LogP contribution is -2.33. The number of hydrogen-bond acceptors (Lipinski definition) is 6. The lowest BCUT2D eigenvalue weighted by Gasteiger charge is -2.06. The number of aromatic nitrogens is 4. The molecular formula is C19H13Cl2N5O3S. The summed E-state index contributed by atoms with van der Waals surface area (Å²) in [7, 11) is 1.36. The molecule has 0 radical (unpaired) electrons. The third-order valence-corrected chi connectivity index (χ3v) is 5.90. The highest BCUT2D eigenvalue weighted by molar-refractivity contribution is 7.14.